The van der Waals surface area contributed by atoms with Gasteiger partial charge in [0, 0.05) is 12.3 Å². The van der Waals surface area contributed by atoms with Crippen LogP contribution < -0.4 is 4.74 Å². The van der Waals surface area contributed by atoms with E-state index in [4.69, 9.17) is 4.74 Å². The summed E-state index contributed by atoms with van der Waals surface area (Å²) in [5.41, 5.74) is 1.04. The van der Waals surface area contributed by atoms with E-state index in [2.05, 4.69) is 5.10 Å². The minimum atomic E-state index is 0.645. The van der Waals surface area contributed by atoms with Crippen LogP contribution in [0.5, 0.6) is 5.88 Å². The van der Waals surface area contributed by atoms with E-state index in [1.807, 2.05) is 63.4 Å². The summed E-state index contributed by atoms with van der Waals surface area (Å²) >= 11 is 0. The van der Waals surface area contributed by atoms with Crippen molar-refractivity contribution in [2.75, 3.05) is 6.61 Å². The lowest BCUT2D eigenvalue weighted by atomic mass is 10.3. The minimum Gasteiger partial charge on any atom is -0.477 e. The maximum Gasteiger partial charge on any atom is 0.233 e. The van der Waals surface area contributed by atoms with Crippen molar-refractivity contribution in [2.24, 2.45) is 0 Å². The molecule has 16 heavy (non-hydrogen) atoms. The van der Waals surface area contributed by atoms with Crippen molar-refractivity contribution >= 4 is 0 Å². The fraction of sp³-hybridized carbons (Fsp3) is 0.308. The molecular formula is C13H18N2O. The van der Waals surface area contributed by atoms with Gasteiger partial charge in [0.05, 0.1) is 12.3 Å². The van der Waals surface area contributed by atoms with E-state index in [-0.39, 0.29) is 0 Å². The molecule has 0 saturated carbocycles. The standard InChI is InChI=1S/C11H12N2O.C2H6/c1-2-14-11-8-9-13(12-11)10-6-4-3-5-7-10;1-2/h3-9H,2H2,1H3;1-2H3. The molecule has 2 rings (SSSR count). The summed E-state index contributed by atoms with van der Waals surface area (Å²) in [5.74, 6) is 0.663. The van der Waals surface area contributed by atoms with Crippen molar-refractivity contribution in [3.05, 3.63) is 42.6 Å². The third kappa shape index (κ3) is 3.12. The van der Waals surface area contributed by atoms with Gasteiger partial charge in [0.2, 0.25) is 5.88 Å². The molecule has 1 heterocycles. The van der Waals surface area contributed by atoms with Gasteiger partial charge >= 0.3 is 0 Å². The number of rotatable bonds is 3. The largest absolute Gasteiger partial charge is 0.477 e. The van der Waals surface area contributed by atoms with Crippen LogP contribution in [0, 0.1) is 0 Å². The zero-order chi connectivity index (χ0) is 11.8. The molecule has 0 unspecified atom stereocenters. The Kier molecular flexibility index (Phi) is 5.12. The van der Waals surface area contributed by atoms with E-state index in [1.165, 1.54) is 0 Å². The van der Waals surface area contributed by atoms with Crippen LogP contribution in [0.15, 0.2) is 42.6 Å². The van der Waals surface area contributed by atoms with Crippen LogP contribution in [0.4, 0.5) is 0 Å². The molecule has 0 aliphatic heterocycles. The Balaban J connectivity index is 0.000000606. The van der Waals surface area contributed by atoms with Gasteiger partial charge in [-0.1, -0.05) is 32.0 Å². The van der Waals surface area contributed by atoms with E-state index in [0.717, 1.165) is 5.69 Å². The lowest BCUT2D eigenvalue weighted by Crippen LogP contribution is -1.96. The maximum atomic E-state index is 5.28. The highest BCUT2D eigenvalue weighted by molar-refractivity contribution is 5.31. The van der Waals surface area contributed by atoms with Crippen molar-refractivity contribution < 1.29 is 4.74 Å². The summed E-state index contributed by atoms with van der Waals surface area (Å²) in [6, 6.07) is 11.8. The predicted molar refractivity (Wildman–Crippen MR) is 66.1 cm³/mol. The van der Waals surface area contributed by atoms with Crippen LogP contribution in [-0.2, 0) is 0 Å². The fourth-order valence-corrected chi connectivity index (χ4v) is 1.26. The smallest absolute Gasteiger partial charge is 0.233 e. The Bertz CT molecular complexity index is 395. The van der Waals surface area contributed by atoms with Gasteiger partial charge in [-0.3, -0.25) is 0 Å². The molecule has 0 aliphatic rings. The topological polar surface area (TPSA) is 27.1 Å². The van der Waals surface area contributed by atoms with Gasteiger partial charge in [-0.2, -0.15) is 0 Å². The van der Waals surface area contributed by atoms with E-state index in [1.54, 1.807) is 4.68 Å². The SMILES string of the molecule is CC.CCOc1ccn(-c2ccccc2)n1. The van der Waals surface area contributed by atoms with Crippen LogP contribution in [-0.4, -0.2) is 16.4 Å². The van der Waals surface area contributed by atoms with Gasteiger partial charge in [-0.15, -0.1) is 5.10 Å². The molecule has 0 saturated heterocycles. The van der Waals surface area contributed by atoms with E-state index in [0.29, 0.717) is 12.5 Å². The third-order valence-electron chi connectivity index (χ3n) is 1.88. The first-order chi connectivity index (χ1) is 7.90. The number of benzene rings is 1. The maximum absolute atomic E-state index is 5.28. The second-order valence-electron chi connectivity index (χ2n) is 2.87. The first kappa shape index (κ1) is 12.3. The molecule has 0 bridgehead atoms. The Hall–Kier alpha value is -1.77. The molecule has 2 aromatic rings. The van der Waals surface area contributed by atoms with Gasteiger partial charge in [-0.05, 0) is 19.1 Å². The Labute approximate surface area is 96.7 Å². The molecule has 3 nitrogen and oxygen atoms in total. The van der Waals surface area contributed by atoms with Crippen LogP contribution in [0.25, 0.3) is 5.69 Å². The molecule has 1 aromatic heterocycles. The highest BCUT2D eigenvalue weighted by atomic mass is 16.5. The second-order valence-corrected chi connectivity index (χ2v) is 2.87. The molecule has 0 radical (unpaired) electrons. The summed E-state index contributed by atoms with van der Waals surface area (Å²) in [7, 11) is 0. The summed E-state index contributed by atoms with van der Waals surface area (Å²) in [6.45, 7) is 6.59. The molecule has 0 aliphatic carbocycles. The van der Waals surface area contributed by atoms with Gasteiger partial charge in [0.25, 0.3) is 0 Å². The summed E-state index contributed by atoms with van der Waals surface area (Å²) in [4.78, 5) is 0. The number of hydrogen-bond acceptors (Lipinski definition) is 2. The van der Waals surface area contributed by atoms with Crippen molar-refractivity contribution in [1.82, 2.24) is 9.78 Å². The lowest BCUT2D eigenvalue weighted by molar-refractivity contribution is 0.324. The van der Waals surface area contributed by atoms with E-state index in [9.17, 15) is 0 Å². The van der Waals surface area contributed by atoms with Crippen LogP contribution >= 0.6 is 0 Å². The summed E-state index contributed by atoms with van der Waals surface area (Å²) in [6.07, 6.45) is 1.89. The molecule has 3 heteroatoms. The quantitative estimate of drug-likeness (QED) is 0.790. The molecule has 1 aromatic carbocycles. The Morgan fingerprint density at radius 2 is 1.81 bits per heavy atom. The highest BCUT2D eigenvalue weighted by Crippen LogP contribution is 2.10. The van der Waals surface area contributed by atoms with E-state index >= 15 is 0 Å². The first-order valence-corrected chi connectivity index (χ1v) is 5.64. The monoisotopic (exact) mass is 218 g/mol. The number of ether oxygens (including phenoxy) is 1. The van der Waals surface area contributed by atoms with Gasteiger partial charge in [0.1, 0.15) is 0 Å². The van der Waals surface area contributed by atoms with Crippen LogP contribution in [0.3, 0.4) is 0 Å². The van der Waals surface area contributed by atoms with E-state index < -0.39 is 0 Å². The minimum absolute atomic E-state index is 0.645. The molecule has 86 valence electrons. The summed E-state index contributed by atoms with van der Waals surface area (Å²) in [5, 5.41) is 4.26. The molecule has 0 N–H and O–H groups in total. The number of para-hydroxylation sites is 1. The third-order valence-corrected chi connectivity index (χ3v) is 1.88. The average molecular weight is 218 g/mol. The highest BCUT2D eigenvalue weighted by Gasteiger charge is 1.99. The average Bonchev–Trinajstić information content (AvgIpc) is 2.82. The predicted octanol–water partition coefficient (Wildman–Crippen LogP) is 3.30. The van der Waals surface area contributed by atoms with Gasteiger partial charge < -0.3 is 4.74 Å². The summed E-state index contributed by atoms with van der Waals surface area (Å²) < 4.78 is 7.07. The first-order valence-electron chi connectivity index (χ1n) is 5.64. The molecule has 0 spiro atoms. The number of nitrogens with zero attached hydrogens (tertiary/aromatic N) is 2. The molecule has 0 amide bonds. The van der Waals surface area contributed by atoms with Crippen molar-refractivity contribution in [2.45, 2.75) is 20.8 Å². The molecular weight excluding hydrogens is 200 g/mol. The van der Waals surface area contributed by atoms with Crippen molar-refractivity contribution in [1.29, 1.82) is 0 Å². The fourth-order valence-electron chi connectivity index (χ4n) is 1.26. The zero-order valence-electron chi connectivity index (χ0n) is 10.1. The molecule has 0 fully saturated rings. The Morgan fingerprint density at radius 3 is 2.44 bits per heavy atom. The number of aromatic nitrogens is 2. The van der Waals surface area contributed by atoms with Crippen LogP contribution in [0.1, 0.15) is 20.8 Å². The lowest BCUT2D eigenvalue weighted by Gasteiger charge is -1.99. The van der Waals surface area contributed by atoms with Gasteiger partial charge in [-0.25, -0.2) is 4.68 Å². The Morgan fingerprint density at radius 1 is 1.12 bits per heavy atom. The normalized spacial score (nSPS) is 9.19. The van der Waals surface area contributed by atoms with Crippen molar-refractivity contribution in [3.63, 3.8) is 0 Å². The molecule has 0 atom stereocenters. The zero-order valence-corrected chi connectivity index (χ0v) is 10.1. The van der Waals surface area contributed by atoms with Gasteiger partial charge in [0.15, 0.2) is 0 Å². The second kappa shape index (κ2) is 6.67. The number of hydrogen-bond donors (Lipinski definition) is 0. The van der Waals surface area contributed by atoms with Crippen LogP contribution in [0.2, 0.25) is 0 Å². The van der Waals surface area contributed by atoms with Crippen molar-refractivity contribution in [3.8, 4) is 11.6 Å².